The average Bonchev–Trinajstić information content (AvgIpc) is 2.88. The summed E-state index contributed by atoms with van der Waals surface area (Å²) in [5.74, 6) is -0.909. The van der Waals surface area contributed by atoms with Crippen LogP contribution in [-0.2, 0) is 25.0 Å². The lowest BCUT2D eigenvalue weighted by atomic mass is 10.2. The molecule has 0 saturated heterocycles. The topological polar surface area (TPSA) is 254 Å². The highest BCUT2D eigenvalue weighted by Gasteiger charge is 2.23. The lowest BCUT2D eigenvalue weighted by Gasteiger charge is -2.14. The Labute approximate surface area is 233 Å². The molecule has 0 aliphatic heterocycles. The van der Waals surface area contributed by atoms with Gasteiger partial charge in [0.15, 0.2) is 0 Å². The van der Waals surface area contributed by atoms with E-state index in [0.717, 1.165) is 12.1 Å². The molecule has 0 aliphatic rings. The molecule has 7 N–H and O–H groups in total. The fraction of sp³-hybridized carbons (Fsp3) is 0.0435. The van der Waals surface area contributed by atoms with Gasteiger partial charge < -0.3 is 21.7 Å². The molecule has 16 nitrogen and oxygen atoms in total. The number of nitrogen functional groups attached to an aromatic ring is 1. The van der Waals surface area contributed by atoms with Crippen LogP contribution < -0.4 is 26.3 Å². The third kappa shape index (κ3) is 7.06. The number of nitrogens with zero attached hydrogens (tertiary/aromatic N) is 5. The van der Waals surface area contributed by atoms with Gasteiger partial charge in [-0.2, -0.15) is 22.1 Å². The first-order valence-corrected chi connectivity index (χ1v) is 14.1. The smallest absolute Gasteiger partial charge is 0.354 e. The van der Waals surface area contributed by atoms with E-state index in [0.29, 0.717) is 5.56 Å². The molecule has 1 amide bonds. The second kappa shape index (κ2) is 11.1. The Bertz CT molecular complexity index is 1940. The van der Waals surface area contributed by atoms with E-state index < -0.39 is 35.9 Å². The third-order valence-electron chi connectivity index (χ3n) is 5.17. The number of nitriles is 1. The Morgan fingerprint density at radius 2 is 1.54 bits per heavy atom. The minimum Gasteiger partial charge on any atom is -0.354 e. The summed E-state index contributed by atoms with van der Waals surface area (Å²) in [5.41, 5.74) is 5.84. The van der Waals surface area contributed by atoms with Gasteiger partial charge in [-0.1, -0.05) is 0 Å². The number of hydrogen-bond donors (Lipinski definition) is 6. The van der Waals surface area contributed by atoms with Crippen molar-refractivity contribution in [3.63, 3.8) is 0 Å². The molecule has 0 unspecified atom stereocenters. The number of carbonyl (C=O) groups excluding carboxylic acids is 1. The molecule has 4 rings (SSSR count). The molecule has 0 fully saturated rings. The SMILES string of the molecule is CC(=O)Nc1ccc(Nc2ccc(Nc3nc(N)nc(-[n+]4cccc(C#N)c4)n3)c(S(=O)(=O)O)c2)c(S(=O)(=O)O)c1. The highest BCUT2D eigenvalue weighted by atomic mass is 32.2. The van der Waals surface area contributed by atoms with Crippen LogP contribution in [0.3, 0.4) is 0 Å². The van der Waals surface area contributed by atoms with E-state index in [-0.39, 0.29) is 40.6 Å². The van der Waals surface area contributed by atoms with E-state index in [1.807, 2.05) is 6.07 Å². The van der Waals surface area contributed by atoms with E-state index >= 15 is 0 Å². The number of amides is 1. The standard InChI is InChI=1S/C23H19N9O7S2/c1-13(33)26-15-4-6-17(19(9-15)40(34,35)36)27-16-5-7-18(20(10-16)41(37,38)39)28-22-29-21(25)30-23(31-22)32-8-2-3-14(11-24)12-32/h2-10,12,27H,1H3,(H5-,25,26,28,29,30,31,33,34,35,36,37,38,39)/p+1. The summed E-state index contributed by atoms with van der Waals surface area (Å²) in [4.78, 5) is 22.2. The van der Waals surface area contributed by atoms with Crippen molar-refractivity contribution in [1.82, 2.24) is 15.0 Å². The van der Waals surface area contributed by atoms with Crippen molar-refractivity contribution in [2.75, 3.05) is 21.7 Å². The van der Waals surface area contributed by atoms with Crippen molar-refractivity contribution in [2.45, 2.75) is 16.7 Å². The van der Waals surface area contributed by atoms with Gasteiger partial charge in [-0.15, -0.1) is 4.98 Å². The molecular weight excluding hydrogens is 578 g/mol. The molecule has 0 bridgehead atoms. The predicted octanol–water partition coefficient (Wildman–Crippen LogP) is 1.54. The number of pyridine rings is 1. The van der Waals surface area contributed by atoms with Crippen molar-refractivity contribution in [3.8, 4) is 12.0 Å². The number of rotatable bonds is 8. The van der Waals surface area contributed by atoms with Crippen molar-refractivity contribution in [2.24, 2.45) is 0 Å². The molecule has 0 saturated carbocycles. The molecule has 0 spiro atoms. The van der Waals surface area contributed by atoms with Crippen molar-refractivity contribution >= 4 is 60.8 Å². The summed E-state index contributed by atoms with van der Waals surface area (Å²) >= 11 is 0. The van der Waals surface area contributed by atoms with E-state index in [1.54, 1.807) is 18.3 Å². The summed E-state index contributed by atoms with van der Waals surface area (Å²) in [6.45, 7) is 1.21. The Kier molecular flexibility index (Phi) is 7.80. The minimum atomic E-state index is -4.87. The summed E-state index contributed by atoms with van der Waals surface area (Å²) in [6, 6.07) is 12.3. The van der Waals surface area contributed by atoms with Crippen molar-refractivity contribution < 1.29 is 35.3 Å². The Morgan fingerprint density at radius 1 is 0.927 bits per heavy atom. The maximum absolute atomic E-state index is 12.2. The third-order valence-corrected chi connectivity index (χ3v) is 6.95. The zero-order chi connectivity index (χ0) is 29.9. The second-order valence-electron chi connectivity index (χ2n) is 8.23. The van der Waals surface area contributed by atoms with Gasteiger partial charge in [0.05, 0.1) is 29.3 Å². The maximum Gasteiger partial charge on any atom is 0.444 e. The second-order valence-corrected chi connectivity index (χ2v) is 11.0. The average molecular weight is 599 g/mol. The molecule has 0 aliphatic carbocycles. The van der Waals surface area contributed by atoms with Crippen LogP contribution in [0.2, 0.25) is 0 Å². The van der Waals surface area contributed by atoms with Gasteiger partial charge in [0.1, 0.15) is 15.9 Å². The highest BCUT2D eigenvalue weighted by molar-refractivity contribution is 7.86. The van der Waals surface area contributed by atoms with Gasteiger partial charge in [-0.3, -0.25) is 13.9 Å². The number of benzene rings is 2. The number of anilines is 6. The first kappa shape index (κ1) is 28.8. The van der Waals surface area contributed by atoms with Crippen LogP contribution in [0.1, 0.15) is 12.5 Å². The van der Waals surface area contributed by atoms with Crippen LogP contribution in [0.5, 0.6) is 0 Å². The lowest BCUT2D eigenvalue weighted by Crippen LogP contribution is -2.33. The van der Waals surface area contributed by atoms with Crippen molar-refractivity contribution in [3.05, 3.63) is 66.5 Å². The van der Waals surface area contributed by atoms with Crippen LogP contribution in [0.25, 0.3) is 5.95 Å². The molecule has 0 radical (unpaired) electrons. The van der Waals surface area contributed by atoms with E-state index in [4.69, 9.17) is 11.0 Å². The highest BCUT2D eigenvalue weighted by Crippen LogP contribution is 2.32. The quantitative estimate of drug-likeness (QED) is 0.124. The van der Waals surface area contributed by atoms with Gasteiger partial charge in [-0.25, -0.2) is 4.57 Å². The number of aromatic nitrogens is 4. The number of carbonyl (C=O) groups is 1. The Balaban J connectivity index is 1.71. The van der Waals surface area contributed by atoms with E-state index in [2.05, 4.69) is 30.9 Å². The van der Waals surface area contributed by atoms with Gasteiger partial charge in [-0.05, 0) is 58.5 Å². The zero-order valence-corrected chi connectivity index (χ0v) is 22.5. The number of hydrogen-bond acceptors (Lipinski definition) is 12. The Morgan fingerprint density at radius 3 is 2.15 bits per heavy atom. The Hall–Kier alpha value is -5.22. The van der Waals surface area contributed by atoms with Gasteiger partial charge in [0.25, 0.3) is 20.2 Å². The van der Waals surface area contributed by atoms with E-state index in [9.17, 15) is 30.7 Å². The molecule has 210 valence electrons. The molecule has 2 aromatic carbocycles. The number of nitrogens with one attached hydrogen (secondary N) is 3. The molecule has 0 atom stereocenters. The first-order chi connectivity index (χ1) is 19.2. The fourth-order valence-electron chi connectivity index (χ4n) is 3.53. The van der Waals surface area contributed by atoms with Gasteiger partial charge >= 0.3 is 17.8 Å². The summed E-state index contributed by atoms with van der Waals surface area (Å²) in [5, 5.41) is 16.8. The maximum atomic E-state index is 12.2. The fourth-order valence-corrected chi connectivity index (χ4v) is 4.88. The summed E-state index contributed by atoms with van der Waals surface area (Å²) in [7, 11) is -9.65. The largest absolute Gasteiger partial charge is 0.444 e. The molecule has 2 heterocycles. The molecule has 18 heteroatoms. The lowest BCUT2D eigenvalue weighted by molar-refractivity contribution is -0.603. The molecular formula is C23H20N9O7S2+. The minimum absolute atomic E-state index is 0.0000701. The zero-order valence-electron chi connectivity index (χ0n) is 20.8. The van der Waals surface area contributed by atoms with Gasteiger partial charge in [0.2, 0.25) is 5.91 Å². The van der Waals surface area contributed by atoms with Crippen molar-refractivity contribution in [1.29, 1.82) is 5.26 Å². The van der Waals surface area contributed by atoms with Gasteiger partial charge in [0, 0.05) is 18.3 Å². The monoisotopic (exact) mass is 598 g/mol. The molecule has 2 aromatic heterocycles. The first-order valence-electron chi connectivity index (χ1n) is 11.2. The normalized spacial score (nSPS) is 11.4. The molecule has 4 aromatic rings. The molecule has 41 heavy (non-hydrogen) atoms. The van der Waals surface area contributed by atoms with E-state index in [1.165, 1.54) is 42.0 Å². The van der Waals surface area contributed by atoms with Crippen LogP contribution in [0.15, 0.2) is 70.7 Å². The van der Waals surface area contributed by atoms with Crippen LogP contribution in [0.4, 0.5) is 34.6 Å². The summed E-state index contributed by atoms with van der Waals surface area (Å²) in [6.07, 6.45) is 2.99. The van der Waals surface area contributed by atoms with Crippen LogP contribution >= 0.6 is 0 Å². The van der Waals surface area contributed by atoms with Crippen LogP contribution in [0, 0.1) is 11.3 Å². The predicted molar refractivity (Wildman–Crippen MR) is 144 cm³/mol. The summed E-state index contributed by atoms with van der Waals surface area (Å²) < 4.78 is 69.4. The van der Waals surface area contributed by atoms with Crippen LogP contribution in [-0.4, -0.2) is 46.8 Å². The number of nitrogens with two attached hydrogens (primary N) is 1.